The molecule has 72 valence electrons. The molecular formula is C10H20O2. The third kappa shape index (κ3) is 9.66. The molecule has 0 heterocycles. The van der Waals surface area contributed by atoms with Crippen molar-refractivity contribution in [2.45, 2.75) is 26.7 Å². The van der Waals surface area contributed by atoms with Gasteiger partial charge >= 0.3 is 0 Å². The minimum absolute atomic E-state index is 0.722. The monoisotopic (exact) mass is 172 g/mol. The van der Waals surface area contributed by atoms with Crippen molar-refractivity contribution >= 4 is 0 Å². The zero-order chi connectivity index (χ0) is 9.07. The molecule has 0 aromatic heterocycles. The van der Waals surface area contributed by atoms with Crippen LogP contribution in [0.2, 0.25) is 0 Å². The standard InChI is InChI=1S/C10H20O2/c1-3-5-6-7-8-12-10-9-11-4-2/h3,5H,4,6-10H2,1-2H3/b5-3+. The van der Waals surface area contributed by atoms with Gasteiger partial charge in [-0.25, -0.2) is 0 Å². The van der Waals surface area contributed by atoms with Crippen LogP contribution in [-0.4, -0.2) is 26.4 Å². The second kappa shape index (κ2) is 10.7. The van der Waals surface area contributed by atoms with Crippen LogP contribution in [0.3, 0.4) is 0 Å². The van der Waals surface area contributed by atoms with Gasteiger partial charge in [-0.05, 0) is 26.7 Å². The average Bonchev–Trinajstić information content (AvgIpc) is 2.10. The third-order valence-electron chi connectivity index (χ3n) is 1.47. The molecule has 0 saturated carbocycles. The lowest BCUT2D eigenvalue weighted by atomic mass is 10.3. The maximum absolute atomic E-state index is 5.32. The van der Waals surface area contributed by atoms with Crippen molar-refractivity contribution in [3.63, 3.8) is 0 Å². The summed E-state index contributed by atoms with van der Waals surface area (Å²) in [5, 5.41) is 0. The minimum atomic E-state index is 0.722. The van der Waals surface area contributed by atoms with Crippen LogP contribution in [0.5, 0.6) is 0 Å². The van der Waals surface area contributed by atoms with E-state index < -0.39 is 0 Å². The minimum Gasteiger partial charge on any atom is -0.379 e. The Kier molecular flexibility index (Phi) is 10.4. The molecule has 0 atom stereocenters. The van der Waals surface area contributed by atoms with E-state index in [1.54, 1.807) is 0 Å². The molecule has 12 heavy (non-hydrogen) atoms. The summed E-state index contributed by atoms with van der Waals surface area (Å²) in [7, 11) is 0. The second-order valence-corrected chi connectivity index (χ2v) is 2.52. The summed E-state index contributed by atoms with van der Waals surface area (Å²) >= 11 is 0. The highest BCUT2D eigenvalue weighted by Gasteiger charge is 1.87. The van der Waals surface area contributed by atoms with E-state index >= 15 is 0 Å². The molecule has 0 unspecified atom stereocenters. The lowest BCUT2D eigenvalue weighted by Crippen LogP contribution is -2.04. The average molecular weight is 172 g/mol. The Labute approximate surface area is 75.6 Å². The third-order valence-corrected chi connectivity index (χ3v) is 1.47. The highest BCUT2D eigenvalue weighted by molar-refractivity contribution is 4.75. The van der Waals surface area contributed by atoms with Gasteiger partial charge in [0.05, 0.1) is 13.2 Å². The SMILES string of the molecule is C/C=C/CCCOCCOCC. The molecule has 0 radical (unpaired) electrons. The van der Waals surface area contributed by atoms with E-state index in [1.807, 2.05) is 13.8 Å². The Bertz CT molecular complexity index is 100. The molecule has 0 rings (SSSR count). The van der Waals surface area contributed by atoms with Crippen LogP contribution in [0.4, 0.5) is 0 Å². The fraction of sp³-hybridized carbons (Fsp3) is 0.800. The molecule has 0 aliphatic heterocycles. The fourth-order valence-electron chi connectivity index (χ4n) is 0.834. The molecule has 0 aromatic carbocycles. The summed E-state index contributed by atoms with van der Waals surface area (Å²) < 4.78 is 10.4. The quantitative estimate of drug-likeness (QED) is 0.413. The lowest BCUT2D eigenvalue weighted by Gasteiger charge is -2.02. The van der Waals surface area contributed by atoms with E-state index in [-0.39, 0.29) is 0 Å². The summed E-state index contributed by atoms with van der Waals surface area (Å²) in [4.78, 5) is 0. The maximum atomic E-state index is 5.32. The van der Waals surface area contributed by atoms with E-state index in [0.717, 1.165) is 39.3 Å². The molecule has 0 spiro atoms. The van der Waals surface area contributed by atoms with E-state index in [9.17, 15) is 0 Å². The van der Waals surface area contributed by atoms with Crippen molar-refractivity contribution in [2.75, 3.05) is 26.4 Å². The lowest BCUT2D eigenvalue weighted by molar-refractivity contribution is 0.0522. The second-order valence-electron chi connectivity index (χ2n) is 2.52. The van der Waals surface area contributed by atoms with Gasteiger partial charge in [0.15, 0.2) is 0 Å². The van der Waals surface area contributed by atoms with E-state index in [4.69, 9.17) is 9.47 Å². The zero-order valence-electron chi connectivity index (χ0n) is 8.21. The molecule has 0 saturated heterocycles. The van der Waals surface area contributed by atoms with E-state index in [0.29, 0.717) is 0 Å². The van der Waals surface area contributed by atoms with Crippen LogP contribution < -0.4 is 0 Å². The van der Waals surface area contributed by atoms with Crippen molar-refractivity contribution in [1.29, 1.82) is 0 Å². The Hall–Kier alpha value is -0.340. The first-order valence-electron chi connectivity index (χ1n) is 4.68. The van der Waals surface area contributed by atoms with Crippen LogP contribution in [-0.2, 0) is 9.47 Å². The van der Waals surface area contributed by atoms with Gasteiger partial charge in [0, 0.05) is 13.2 Å². The normalized spacial score (nSPS) is 11.2. The number of ether oxygens (including phenoxy) is 2. The van der Waals surface area contributed by atoms with Crippen molar-refractivity contribution in [3.8, 4) is 0 Å². The molecule has 0 bridgehead atoms. The Balaban J connectivity index is 2.81. The summed E-state index contributed by atoms with van der Waals surface area (Å²) in [6.07, 6.45) is 6.45. The van der Waals surface area contributed by atoms with E-state index in [2.05, 4.69) is 12.2 Å². The van der Waals surface area contributed by atoms with Crippen molar-refractivity contribution < 1.29 is 9.47 Å². The number of hydrogen-bond acceptors (Lipinski definition) is 2. The Morgan fingerprint density at radius 1 is 1.08 bits per heavy atom. The van der Waals surface area contributed by atoms with Gasteiger partial charge in [0.25, 0.3) is 0 Å². The van der Waals surface area contributed by atoms with Gasteiger partial charge in [0.1, 0.15) is 0 Å². The topological polar surface area (TPSA) is 18.5 Å². The van der Waals surface area contributed by atoms with E-state index in [1.165, 1.54) is 0 Å². The molecule has 0 aliphatic rings. The van der Waals surface area contributed by atoms with Crippen LogP contribution in [0.1, 0.15) is 26.7 Å². The van der Waals surface area contributed by atoms with Crippen LogP contribution in [0.15, 0.2) is 12.2 Å². The fourth-order valence-corrected chi connectivity index (χ4v) is 0.834. The highest BCUT2D eigenvalue weighted by Crippen LogP contribution is 1.91. The molecule has 0 fully saturated rings. The Morgan fingerprint density at radius 3 is 2.50 bits per heavy atom. The molecule has 0 aromatic rings. The molecular weight excluding hydrogens is 152 g/mol. The first-order valence-corrected chi connectivity index (χ1v) is 4.68. The predicted octanol–water partition coefficient (Wildman–Crippen LogP) is 2.40. The summed E-state index contributed by atoms with van der Waals surface area (Å²) in [6.45, 7) is 7.10. The first-order chi connectivity index (χ1) is 5.91. The highest BCUT2D eigenvalue weighted by atomic mass is 16.5. The van der Waals surface area contributed by atoms with Crippen molar-refractivity contribution in [3.05, 3.63) is 12.2 Å². The van der Waals surface area contributed by atoms with Gasteiger partial charge in [-0.1, -0.05) is 12.2 Å². The molecule has 0 amide bonds. The van der Waals surface area contributed by atoms with Gasteiger partial charge in [0.2, 0.25) is 0 Å². The molecule has 0 aliphatic carbocycles. The molecule has 0 N–H and O–H groups in total. The molecule has 2 nitrogen and oxygen atoms in total. The van der Waals surface area contributed by atoms with Crippen LogP contribution >= 0.6 is 0 Å². The number of hydrogen-bond donors (Lipinski definition) is 0. The van der Waals surface area contributed by atoms with Gasteiger partial charge in [-0.2, -0.15) is 0 Å². The van der Waals surface area contributed by atoms with Gasteiger partial charge in [-0.15, -0.1) is 0 Å². The number of unbranched alkanes of at least 4 members (excludes halogenated alkanes) is 1. The summed E-state index contributed by atoms with van der Waals surface area (Å²) in [5.41, 5.74) is 0. The predicted molar refractivity (Wildman–Crippen MR) is 51.4 cm³/mol. The van der Waals surface area contributed by atoms with Crippen molar-refractivity contribution in [2.24, 2.45) is 0 Å². The number of rotatable bonds is 8. The van der Waals surface area contributed by atoms with Gasteiger partial charge in [-0.3, -0.25) is 0 Å². The zero-order valence-corrected chi connectivity index (χ0v) is 8.21. The summed E-state index contributed by atoms with van der Waals surface area (Å²) in [5.74, 6) is 0. The van der Waals surface area contributed by atoms with Crippen LogP contribution in [0, 0.1) is 0 Å². The smallest absolute Gasteiger partial charge is 0.0700 e. The Morgan fingerprint density at radius 2 is 1.83 bits per heavy atom. The maximum Gasteiger partial charge on any atom is 0.0700 e. The van der Waals surface area contributed by atoms with Crippen molar-refractivity contribution in [1.82, 2.24) is 0 Å². The number of allylic oxidation sites excluding steroid dienone is 2. The first kappa shape index (κ1) is 11.7. The largest absolute Gasteiger partial charge is 0.379 e. The summed E-state index contributed by atoms with van der Waals surface area (Å²) in [6, 6.07) is 0. The van der Waals surface area contributed by atoms with Crippen LogP contribution in [0.25, 0.3) is 0 Å². The van der Waals surface area contributed by atoms with Gasteiger partial charge < -0.3 is 9.47 Å². The molecule has 2 heteroatoms.